The summed E-state index contributed by atoms with van der Waals surface area (Å²) in [6.45, 7) is 1.65. The zero-order chi connectivity index (χ0) is 58.9. The maximum absolute atomic E-state index is 16.0. The van der Waals surface area contributed by atoms with Crippen LogP contribution in [0.5, 0.6) is 0 Å². The molecule has 5 atom stereocenters. The average Bonchev–Trinajstić information content (AvgIpc) is 4.22. The molecule has 2 aromatic heterocycles. The Bertz CT molecular complexity index is 2820. The molecule has 4 heterocycles. The van der Waals surface area contributed by atoms with E-state index >= 15 is 8.78 Å². The SMILES string of the molecule is COC(=O)NC(C(=O)NC(Cc1ccc(C#Cc2ccc(N3CCN([C@@H]4CCOC4)CC3)nc2)cc1)C(O)CN(Cc1c(F)cc(-c2ccn(C(F)F)n2)cc1F)NC(=O)C(NC(=O)OC)C(C)(C)C(F)(F)F)C(C)(C)C(F)(F)F. The Kier molecular flexibility index (Phi) is 20.1. The number of amides is 4. The molecule has 2 saturated heterocycles. The zero-order valence-corrected chi connectivity index (χ0v) is 44.2. The number of hydrazine groups is 1. The fourth-order valence-corrected chi connectivity index (χ4v) is 8.69. The number of rotatable bonds is 19. The lowest BCUT2D eigenvalue weighted by Crippen LogP contribution is -2.63. The van der Waals surface area contributed by atoms with Gasteiger partial charge in [0.15, 0.2) is 0 Å². The maximum Gasteiger partial charge on any atom is 0.407 e. The molecular formula is C52H60F10N10O8. The summed E-state index contributed by atoms with van der Waals surface area (Å²) < 4.78 is 160. The van der Waals surface area contributed by atoms with Crippen LogP contribution in [0.1, 0.15) is 62.9 Å². The third-order valence-electron chi connectivity index (χ3n) is 14.0. The molecule has 4 amide bonds. The molecule has 2 fully saturated rings. The number of pyridine rings is 1. The molecule has 436 valence electrons. The lowest BCUT2D eigenvalue weighted by Gasteiger charge is -2.38. The average molecular weight is 1140 g/mol. The van der Waals surface area contributed by atoms with Crippen LogP contribution in [0.4, 0.5) is 59.3 Å². The Hall–Kier alpha value is -7.22. The molecule has 0 radical (unpaired) electrons. The minimum absolute atomic E-state index is 0.197. The first-order valence-electron chi connectivity index (χ1n) is 24.8. The molecule has 18 nitrogen and oxygen atoms in total. The number of methoxy groups -OCH3 is 2. The number of anilines is 1. The highest BCUT2D eigenvalue weighted by atomic mass is 19.4. The number of aliphatic hydroxyl groups excluding tert-OH is 1. The smallest absolute Gasteiger partial charge is 0.407 e. The summed E-state index contributed by atoms with van der Waals surface area (Å²) in [7, 11) is 1.60. The molecule has 2 aliphatic rings. The highest BCUT2D eigenvalue weighted by molar-refractivity contribution is 5.87. The van der Waals surface area contributed by atoms with Gasteiger partial charge < -0.3 is 40.2 Å². The van der Waals surface area contributed by atoms with Crippen LogP contribution in [-0.4, -0.2) is 157 Å². The van der Waals surface area contributed by atoms with Gasteiger partial charge in [0.25, 0.3) is 5.91 Å². The topological polar surface area (TPSA) is 205 Å². The van der Waals surface area contributed by atoms with Crippen molar-refractivity contribution in [2.45, 2.75) is 96.3 Å². The minimum atomic E-state index is -5.23. The minimum Gasteiger partial charge on any atom is -0.453 e. The Morgan fingerprint density at radius 1 is 0.800 bits per heavy atom. The molecule has 2 aromatic carbocycles. The van der Waals surface area contributed by atoms with Gasteiger partial charge in [-0.15, -0.1) is 0 Å². The molecule has 0 spiro atoms. The summed E-state index contributed by atoms with van der Waals surface area (Å²) >= 11 is 0. The summed E-state index contributed by atoms with van der Waals surface area (Å²) in [4.78, 5) is 62.0. The number of hydrogen-bond donors (Lipinski definition) is 5. The second kappa shape index (κ2) is 25.9. The summed E-state index contributed by atoms with van der Waals surface area (Å²) in [5.74, 6) is 0.707. The zero-order valence-electron chi connectivity index (χ0n) is 44.2. The number of piperazine rings is 1. The Balaban J connectivity index is 1.31. The van der Waals surface area contributed by atoms with Crippen LogP contribution >= 0.6 is 0 Å². The van der Waals surface area contributed by atoms with Crippen molar-refractivity contribution in [3.63, 3.8) is 0 Å². The highest BCUT2D eigenvalue weighted by Gasteiger charge is 2.57. The number of aromatic nitrogens is 3. The molecule has 2 aliphatic heterocycles. The van der Waals surface area contributed by atoms with Crippen LogP contribution in [0, 0.1) is 34.3 Å². The van der Waals surface area contributed by atoms with Crippen molar-refractivity contribution in [1.82, 2.24) is 46.0 Å². The standard InChI is InChI=1S/C52H60F10N10O8/c1-49(2,51(57,58)59)42(65-47(76)78-5)44(74)64-39(23-31-10-7-30(8-11-31)9-12-32-13-14-41(63-26-32)70-20-18-69(19-21-70)34-16-22-80-29-34)40(73)28-71(68-45(75)43(66-48(77)79-6)50(3,4)52(60,61)62)27-35-36(53)24-33(25-37(35)54)38-15-17-72(67-38)46(55)56/h7-8,10-11,13-15,17,24-26,34,39-40,42-43,46,73H,16,18-23,27-29H2,1-6H3,(H,64,74)(H,65,76)(H,66,77)(H,68,75)/t34-,39?,40?,42?,43?/m1/s1. The quantitative estimate of drug-likeness (QED) is 0.0388. The fourth-order valence-electron chi connectivity index (χ4n) is 8.69. The second-order valence-corrected chi connectivity index (χ2v) is 20.1. The van der Waals surface area contributed by atoms with Crippen LogP contribution < -0.4 is 26.3 Å². The van der Waals surface area contributed by atoms with E-state index in [9.17, 15) is 59.4 Å². The van der Waals surface area contributed by atoms with Crippen LogP contribution in [0.3, 0.4) is 0 Å². The first kappa shape index (κ1) is 62.0. The van der Waals surface area contributed by atoms with Gasteiger partial charge in [0.2, 0.25) is 5.91 Å². The van der Waals surface area contributed by atoms with E-state index in [1.54, 1.807) is 11.5 Å². The first-order valence-corrected chi connectivity index (χ1v) is 24.8. The number of nitrogens with one attached hydrogen (secondary N) is 4. The fraction of sp³-hybridized carbons (Fsp3) is 0.500. The van der Waals surface area contributed by atoms with Crippen LogP contribution in [0.15, 0.2) is 67.0 Å². The van der Waals surface area contributed by atoms with Gasteiger partial charge in [0, 0.05) is 86.6 Å². The molecule has 6 rings (SSSR count). The molecule has 0 aliphatic carbocycles. The number of carbonyl (C=O) groups is 4. The van der Waals surface area contributed by atoms with E-state index in [-0.39, 0.29) is 21.5 Å². The summed E-state index contributed by atoms with van der Waals surface area (Å²) in [5, 5.41) is 22.0. The van der Waals surface area contributed by atoms with Crippen LogP contribution in [-0.2, 0) is 36.8 Å². The van der Waals surface area contributed by atoms with Gasteiger partial charge >= 0.3 is 31.1 Å². The lowest BCUT2D eigenvalue weighted by molar-refractivity contribution is -0.221. The molecule has 4 aromatic rings. The van der Waals surface area contributed by atoms with E-state index in [2.05, 4.69) is 46.5 Å². The van der Waals surface area contributed by atoms with Crippen molar-refractivity contribution < 1.29 is 82.4 Å². The van der Waals surface area contributed by atoms with E-state index in [1.807, 2.05) is 22.9 Å². The van der Waals surface area contributed by atoms with Gasteiger partial charge in [-0.2, -0.15) is 40.2 Å². The van der Waals surface area contributed by atoms with Gasteiger partial charge in [0.1, 0.15) is 29.5 Å². The van der Waals surface area contributed by atoms with Gasteiger partial charge in [-0.25, -0.2) is 33.0 Å². The van der Waals surface area contributed by atoms with Gasteiger partial charge in [-0.3, -0.25) is 19.9 Å². The normalized spacial score (nSPS) is 17.0. The van der Waals surface area contributed by atoms with Gasteiger partial charge in [-0.05, 0) is 88.6 Å². The van der Waals surface area contributed by atoms with Crippen molar-refractivity contribution in [1.29, 1.82) is 0 Å². The number of carbonyl (C=O) groups excluding carboxylic acids is 4. The summed E-state index contributed by atoms with van der Waals surface area (Å²) in [6, 6.07) is 5.67. The maximum atomic E-state index is 16.0. The number of benzene rings is 2. The number of alkyl halides is 8. The predicted octanol–water partition coefficient (Wildman–Crippen LogP) is 6.48. The number of halogens is 10. The second-order valence-electron chi connectivity index (χ2n) is 20.1. The van der Waals surface area contributed by atoms with Crippen molar-refractivity contribution in [2.75, 3.05) is 65.1 Å². The third kappa shape index (κ3) is 15.4. The molecule has 80 heavy (non-hydrogen) atoms. The molecule has 4 unspecified atom stereocenters. The van der Waals surface area contributed by atoms with Gasteiger partial charge in [-0.1, -0.05) is 24.0 Å². The number of ether oxygens (including phenoxy) is 3. The van der Waals surface area contributed by atoms with E-state index in [0.29, 0.717) is 62.0 Å². The Morgan fingerprint density at radius 2 is 1.36 bits per heavy atom. The largest absolute Gasteiger partial charge is 0.453 e. The number of aliphatic hydroxyl groups is 1. The molecule has 5 N–H and O–H groups in total. The van der Waals surface area contributed by atoms with E-state index in [1.165, 1.54) is 24.3 Å². The molecular weight excluding hydrogens is 1080 g/mol. The van der Waals surface area contributed by atoms with E-state index in [4.69, 9.17) is 4.74 Å². The highest BCUT2D eigenvalue weighted by Crippen LogP contribution is 2.42. The van der Waals surface area contributed by atoms with E-state index < -0.39 is 115 Å². The van der Waals surface area contributed by atoms with E-state index in [0.717, 1.165) is 78.1 Å². The molecule has 0 saturated carbocycles. The predicted molar refractivity (Wildman–Crippen MR) is 267 cm³/mol. The van der Waals surface area contributed by atoms with Crippen LogP contribution in [0.2, 0.25) is 0 Å². The number of nitrogens with zero attached hydrogens (tertiary/aromatic N) is 6. The van der Waals surface area contributed by atoms with Crippen molar-refractivity contribution in [3.05, 3.63) is 101 Å². The van der Waals surface area contributed by atoms with Crippen LogP contribution in [0.25, 0.3) is 11.3 Å². The monoisotopic (exact) mass is 1140 g/mol. The first-order chi connectivity index (χ1) is 37.5. The Labute approximate surface area is 453 Å². The summed E-state index contributed by atoms with van der Waals surface area (Å²) in [6.07, 6.45) is -12.6. The third-order valence-corrected chi connectivity index (χ3v) is 14.0. The van der Waals surface area contributed by atoms with Crippen molar-refractivity contribution >= 4 is 29.8 Å². The number of hydrogen-bond acceptors (Lipinski definition) is 13. The molecule has 28 heteroatoms. The Morgan fingerprint density at radius 3 is 1.86 bits per heavy atom. The van der Waals surface area contributed by atoms with Gasteiger partial charge in [0.05, 0.1) is 49.5 Å². The number of alkyl carbamates (subject to hydrolysis) is 2. The molecule has 0 bridgehead atoms. The summed E-state index contributed by atoms with van der Waals surface area (Å²) in [5.41, 5.74) is -4.44. The van der Waals surface area contributed by atoms with Crippen molar-refractivity contribution in [2.24, 2.45) is 10.8 Å². The lowest BCUT2D eigenvalue weighted by atomic mass is 9.82. The van der Waals surface area contributed by atoms with Crippen molar-refractivity contribution in [3.8, 4) is 23.1 Å².